The molecular formula is C19H28N4O3. The van der Waals surface area contributed by atoms with Crippen LogP contribution in [0.1, 0.15) is 47.8 Å². The number of aromatic nitrogens is 1. The molecule has 142 valence electrons. The van der Waals surface area contributed by atoms with Gasteiger partial charge in [-0.05, 0) is 44.2 Å². The third-order valence-corrected chi connectivity index (χ3v) is 5.70. The molecule has 1 saturated heterocycles. The molecule has 7 nitrogen and oxygen atoms in total. The highest BCUT2D eigenvalue weighted by Crippen LogP contribution is 2.36. The molecule has 1 aromatic heterocycles. The zero-order valence-corrected chi connectivity index (χ0v) is 15.4. The van der Waals surface area contributed by atoms with E-state index in [1.54, 1.807) is 5.48 Å². The number of nitrogens with zero attached hydrogens (tertiary/aromatic N) is 3. The summed E-state index contributed by atoms with van der Waals surface area (Å²) in [6, 6.07) is 2.67. The first kappa shape index (κ1) is 17.9. The van der Waals surface area contributed by atoms with Gasteiger partial charge >= 0.3 is 0 Å². The highest BCUT2D eigenvalue weighted by molar-refractivity contribution is 5.93. The van der Waals surface area contributed by atoms with E-state index >= 15 is 0 Å². The molecular weight excluding hydrogens is 332 g/mol. The van der Waals surface area contributed by atoms with Gasteiger partial charge in [0.15, 0.2) is 0 Å². The first-order chi connectivity index (χ1) is 12.6. The number of carbonyl (C=O) groups is 1. The normalized spacial score (nSPS) is 22.5. The molecule has 2 N–H and O–H groups in total. The quantitative estimate of drug-likeness (QED) is 0.432. The van der Waals surface area contributed by atoms with E-state index in [9.17, 15) is 4.79 Å². The number of rotatable bonds is 7. The summed E-state index contributed by atoms with van der Waals surface area (Å²) >= 11 is 0. The van der Waals surface area contributed by atoms with Gasteiger partial charge in [0.1, 0.15) is 0 Å². The fourth-order valence-electron chi connectivity index (χ4n) is 4.06. The van der Waals surface area contributed by atoms with Crippen LogP contribution in [-0.4, -0.2) is 70.3 Å². The SMILES string of the molecule is CC1(OCCCN2CCc3cc(C(=O)NO)cnc3C2)CN(C2CC2)C1. The van der Waals surface area contributed by atoms with Crippen molar-refractivity contribution in [1.29, 1.82) is 0 Å². The van der Waals surface area contributed by atoms with E-state index in [2.05, 4.69) is 21.7 Å². The van der Waals surface area contributed by atoms with E-state index in [4.69, 9.17) is 9.94 Å². The molecule has 1 aliphatic carbocycles. The highest BCUT2D eigenvalue weighted by atomic mass is 16.5. The van der Waals surface area contributed by atoms with Gasteiger partial charge in [0.2, 0.25) is 0 Å². The van der Waals surface area contributed by atoms with Gasteiger partial charge in [-0.1, -0.05) is 0 Å². The standard InChI is InChI=1S/C19H28N4O3/c1-19(12-23(13-19)16-3-4-16)26-8-2-6-22-7-5-14-9-15(18(24)21-25)10-20-17(14)11-22/h9-10,16,25H,2-8,11-13H2,1H3,(H,21,24). The van der Waals surface area contributed by atoms with E-state index < -0.39 is 5.91 Å². The summed E-state index contributed by atoms with van der Waals surface area (Å²) in [5.41, 5.74) is 4.24. The molecule has 0 radical (unpaired) electrons. The molecule has 1 aromatic rings. The molecule has 4 rings (SSSR count). The van der Waals surface area contributed by atoms with Crippen LogP contribution in [-0.2, 0) is 17.7 Å². The molecule has 1 saturated carbocycles. The topological polar surface area (TPSA) is 77.9 Å². The van der Waals surface area contributed by atoms with Crippen LogP contribution < -0.4 is 5.48 Å². The van der Waals surface area contributed by atoms with E-state index in [0.717, 1.165) is 69.5 Å². The van der Waals surface area contributed by atoms with Crippen molar-refractivity contribution in [3.8, 4) is 0 Å². The van der Waals surface area contributed by atoms with Crippen LogP contribution in [0.15, 0.2) is 12.3 Å². The lowest BCUT2D eigenvalue weighted by Crippen LogP contribution is -2.62. The zero-order valence-electron chi connectivity index (χ0n) is 15.4. The second-order valence-electron chi connectivity index (χ2n) is 8.08. The molecule has 0 bridgehead atoms. The van der Waals surface area contributed by atoms with Crippen molar-refractivity contribution in [2.75, 3.05) is 32.8 Å². The Bertz CT molecular complexity index is 671. The number of hydrogen-bond acceptors (Lipinski definition) is 6. The Hall–Kier alpha value is -1.54. The Morgan fingerprint density at radius 1 is 1.46 bits per heavy atom. The van der Waals surface area contributed by atoms with Crippen molar-refractivity contribution in [1.82, 2.24) is 20.3 Å². The molecule has 3 aliphatic rings. The number of nitrogens with one attached hydrogen (secondary N) is 1. The van der Waals surface area contributed by atoms with Crippen molar-refractivity contribution in [3.63, 3.8) is 0 Å². The summed E-state index contributed by atoms with van der Waals surface area (Å²) < 4.78 is 6.14. The van der Waals surface area contributed by atoms with E-state index in [1.807, 2.05) is 6.07 Å². The minimum absolute atomic E-state index is 0.0579. The molecule has 7 heteroatoms. The molecule has 1 amide bonds. The zero-order chi connectivity index (χ0) is 18.1. The average molecular weight is 360 g/mol. The fourth-order valence-corrected chi connectivity index (χ4v) is 4.06. The molecule has 0 spiro atoms. The second kappa shape index (κ2) is 7.23. The average Bonchev–Trinajstić information content (AvgIpc) is 3.46. The van der Waals surface area contributed by atoms with Crippen LogP contribution in [0.2, 0.25) is 0 Å². The summed E-state index contributed by atoms with van der Waals surface area (Å²) in [5.74, 6) is -0.510. The first-order valence-corrected chi connectivity index (χ1v) is 9.59. The Morgan fingerprint density at radius 2 is 2.27 bits per heavy atom. The predicted octanol–water partition coefficient (Wildman–Crippen LogP) is 1.20. The van der Waals surface area contributed by atoms with E-state index in [0.29, 0.717) is 5.56 Å². The maximum Gasteiger partial charge on any atom is 0.276 e. The summed E-state index contributed by atoms with van der Waals surface area (Å²) in [4.78, 5) is 20.8. The molecule has 0 aromatic carbocycles. The third kappa shape index (κ3) is 3.91. The first-order valence-electron chi connectivity index (χ1n) is 9.59. The Labute approximate surface area is 154 Å². The number of likely N-dealkylation sites (tertiary alicyclic amines) is 1. The summed E-state index contributed by atoms with van der Waals surface area (Å²) in [5, 5.41) is 8.73. The highest BCUT2D eigenvalue weighted by Gasteiger charge is 2.45. The van der Waals surface area contributed by atoms with Crippen LogP contribution in [0.4, 0.5) is 0 Å². The lowest BCUT2D eigenvalue weighted by atomic mass is 9.96. The number of hydroxylamine groups is 1. The van der Waals surface area contributed by atoms with Gasteiger partial charge in [-0.3, -0.25) is 24.8 Å². The number of carbonyl (C=O) groups excluding carboxylic acids is 1. The van der Waals surface area contributed by atoms with Gasteiger partial charge in [-0.25, -0.2) is 5.48 Å². The lowest BCUT2D eigenvalue weighted by molar-refractivity contribution is -0.136. The second-order valence-corrected chi connectivity index (χ2v) is 8.08. The largest absolute Gasteiger partial charge is 0.373 e. The number of pyridine rings is 1. The molecule has 2 fully saturated rings. The maximum absolute atomic E-state index is 11.5. The molecule has 2 aliphatic heterocycles. The van der Waals surface area contributed by atoms with E-state index in [1.165, 1.54) is 19.0 Å². The lowest BCUT2D eigenvalue weighted by Gasteiger charge is -2.48. The smallest absolute Gasteiger partial charge is 0.276 e. The third-order valence-electron chi connectivity index (χ3n) is 5.70. The molecule has 0 unspecified atom stereocenters. The summed E-state index contributed by atoms with van der Waals surface area (Å²) in [7, 11) is 0. The number of fused-ring (bicyclic) bond motifs is 1. The molecule has 0 atom stereocenters. The van der Waals surface area contributed by atoms with Gasteiger partial charge in [-0.15, -0.1) is 0 Å². The Kier molecular flexibility index (Phi) is 4.96. The van der Waals surface area contributed by atoms with Crippen molar-refractivity contribution >= 4 is 5.91 Å². The van der Waals surface area contributed by atoms with Crippen molar-refractivity contribution in [2.24, 2.45) is 0 Å². The van der Waals surface area contributed by atoms with Gasteiger partial charge in [-0.2, -0.15) is 0 Å². The van der Waals surface area contributed by atoms with Crippen LogP contribution in [0, 0.1) is 0 Å². The summed E-state index contributed by atoms with van der Waals surface area (Å²) in [6.45, 7) is 7.98. The monoisotopic (exact) mass is 360 g/mol. The predicted molar refractivity (Wildman–Crippen MR) is 96.0 cm³/mol. The molecule has 26 heavy (non-hydrogen) atoms. The fraction of sp³-hybridized carbons (Fsp3) is 0.684. The number of hydrogen-bond donors (Lipinski definition) is 2. The molecule has 3 heterocycles. The Morgan fingerprint density at radius 3 is 3.00 bits per heavy atom. The van der Waals surface area contributed by atoms with Gasteiger partial charge < -0.3 is 4.74 Å². The van der Waals surface area contributed by atoms with Crippen molar-refractivity contribution in [3.05, 3.63) is 29.1 Å². The summed E-state index contributed by atoms with van der Waals surface area (Å²) in [6.07, 6.45) is 6.17. The van der Waals surface area contributed by atoms with Crippen LogP contribution >= 0.6 is 0 Å². The minimum atomic E-state index is -0.510. The van der Waals surface area contributed by atoms with Crippen molar-refractivity contribution < 1.29 is 14.7 Å². The van der Waals surface area contributed by atoms with Gasteiger partial charge in [0.05, 0.1) is 16.9 Å². The van der Waals surface area contributed by atoms with Crippen molar-refractivity contribution in [2.45, 2.75) is 50.8 Å². The van der Waals surface area contributed by atoms with Crippen LogP contribution in [0.5, 0.6) is 0 Å². The van der Waals surface area contributed by atoms with Gasteiger partial charge in [0.25, 0.3) is 5.91 Å². The Balaban J connectivity index is 1.19. The number of ether oxygens (including phenoxy) is 1. The van der Waals surface area contributed by atoms with E-state index in [-0.39, 0.29) is 5.60 Å². The minimum Gasteiger partial charge on any atom is -0.373 e. The van der Waals surface area contributed by atoms with Gasteiger partial charge in [0, 0.05) is 51.6 Å². The van der Waals surface area contributed by atoms with Crippen LogP contribution in [0.3, 0.4) is 0 Å². The number of amides is 1. The van der Waals surface area contributed by atoms with Crippen LogP contribution in [0.25, 0.3) is 0 Å². The maximum atomic E-state index is 11.5.